The molecule has 0 aliphatic rings. The Labute approximate surface area is 146 Å². The van der Waals surface area contributed by atoms with Crippen LogP contribution in [0.1, 0.15) is 31.3 Å². The first kappa shape index (κ1) is 16.7. The Kier molecular flexibility index (Phi) is 5.28. The lowest BCUT2D eigenvalue weighted by molar-refractivity contribution is 0.380. The Bertz CT molecular complexity index is 769. The lowest BCUT2D eigenvalue weighted by Gasteiger charge is -2.22. The highest BCUT2D eigenvalue weighted by molar-refractivity contribution is 6.30. The number of hydrogen-bond donors (Lipinski definition) is 1. The predicted octanol–water partition coefficient (Wildman–Crippen LogP) is 4.88. The SMILES string of the molecule is CC(C)C(NCc1nnc(-c2ccccc2)o1)c1ccc(Cl)cc1. The van der Waals surface area contributed by atoms with Crippen molar-refractivity contribution in [3.8, 4) is 11.5 Å². The van der Waals surface area contributed by atoms with Crippen LogP contribution in [0.2, 0.25) is 5.02 Å². The van der Waals surface area contributed by atoms with Gasteiger partial charge in [-0.15, -0.1) is 10.2 Å². The van der Waals surface area contributed by atoms with E-state index in [0.29, 0.717) is 24.2 Å². The van der Waals surface area contributed by atoms with Crippen LogP contribution < -0.4 is 5.32 Å². The van der Waals surface area contributed by atoms with E-state index in [0.717, 1.165) is 10.6 Å². The normalized spacial score (nSPS) is 12.5. The molecule has 0 amide bonds. The van der Waals surface area contributed by atoms with Crippen molar-refractivity contribution in [2.45, 2.75) is 26.4 Å². The van der Waals surface area contributed by atoms with E-state index in [4.69, 9.17) is 16.0 Å². The van der Waals surface area contributed by atoms with Gasteiger partial charge in [0.15, 0.2) is 0 Å². The molecule has 0 saturated heterocycles. The fourth-order valence-electron chi connectivity index (χ4n) is 2.63. The maximum Gasteiger partial charge on any atom is 0.247 e. The molecule has 5 heteroatoms. The quantitative estimate of drug-likeness (QED) is 0.694. The second kappa shape index (κ2) is 7.60. The Hall–Kier alpha value is -2.17. The van der Waals surface area contributed by atoms with E-state index < -0.39 is 0 Å². The van der Waals surface area contributed by atoms with Gasteiger partial charge >= 0.3 is 0 Å². The molecular formula is C19H20ClN3O. The summed E-state index contributed by atoms with van der Waals surface area (Å²) in [5, 5.41) is 12.5. The topological polar surface area (TPSA) is 51.0 Å². The van der Waals surface area contributed by atoms with Crippen LogP contribution in [0, 0.1) is 5.92 Å². The van der Waals surface area contributed by atoms with Gasteiger partial charge in [0.1, 0.15) is 0 Å². The van der Waals surface area contributed by atoms with Gasteiger partial charge in [-0.05, 0) is 35.7 Å². The summed E-state index contributed by atoms with van der Waals surface area (Å²) in [4.78, 5) is 0. The van der Waals surface area contributed by atoms with Crippen molar-refractivity contribution in [1.82, 2.24) is 15.5 Å². The minimum Gasteiger partial charge on any atom is -0.419 e. The highest BCUT2D eigenvalue weighted by atomic mass is 35.5. The molecule has 1 atom stereocenters. The molecule has 24 heavy (non-hydrogen) atoms. The largest absolute Gasteiger partial charge is 0.419 e. The van der Waals surface area contributed by atoms with Gasteiger partial charge in [-0.2, -0.15) is 0 Å². The molecule has 1 N–H and O–H groups in total. The van der Waals surface area contributed by atoms with Crippen molar-refractivity contribution in [1.29, 1.82) is 0 Å². The summed E-state index contributed by atoms with van der Waals surface area (Å²) in [6.45, 7) is 4.87. The third-order valence-electron chi connectivity index (χ3n) is 3.86. The van der Waals surface area contributed by atoms with Gasteiger partial charge in [0.25, 0.3) is 0 Å². The van der Waals surface area contributed by atoms with Crippen LogP contribution in [-0.4, -0.2) is 10.2 Å². The number of aromatic nitrogens is 2. The Morgan fingerprint density at radius 3 is 2.38 bits per heavy atom. The first-order valence-corrected chi connectivity index (χ1v) is 8.38. The molecule has 0 radical (unpaired) electrons. The number of benzene rings is 2. The van der Waals surface area contributed by atoms with Crippen molar-refractivity contribution in [3.63, 3.8) is 0 Å². The van der Waals surface area contributed by atoms with E-state index in [2.05, 4.69) is 29.4 Å². The Morgan fingerprint density at radius 2 is 1.71 bits per heavy atom. The third kappa shape index (κ3) is 4.02. The summed E-state index contributed by atoms with van der Waals surface area (Å²) < 4.78 is 5.75. The fraction of sp³-hybridized carbons (Fsp3) is 0.263. The summed E-state index contributed by atoms with van der Waals surface area (Å²) in [6.07, 6.45) is 0. The third-order valence-corrected chi connectivity index (χ3v) is 4.11. The average Bonchev–Trinajstić information content (AvgIpc) is 3.06. The molecule has 3 rings (SSSR count). The van der Waals surface area contributed by atoms with Gasteiger partial charge in [-0.25, -0.2) is 0 Å². The van der Waals surface area contributed by atoms with Gasteiger partial charge in [0.2, 0.25) is 11.8 Å². The zero-order valence-corrected chi connectivity index (χ0v) is 14.5. The van der Waals surface area contributed by atoms with E-state index >= 15 is 0 Å². The Morgan fingerprint density at radius 1 is 1.00 bits per heavy atom. The van der Waals surface area contributed by atoms with Crippen LogP contribution in [0.4, 0.5) is 0 Å². The molecule has 1 unspecified atom stereocenters. The molecule has 1 heterocycles. The van der Waals surface area contributed by atoms with Crippen molar-refractivity contribution in [2.75, 3.05) is 0 Å². The number of rotatable bonds is 6. The Balaban J connectivity index is 1.69. The van der Waals surface area contributed by atoms with Crippen LogP contribution in [0.15, 0.2) is 59.0 Å². The molecule has 4 nitrogen and oxygen atoms in total. The van der Waals surface area contributed by atoms with Gasteiger partial charge in [-0.3, -0.25) is 0 Å². The second-order valence-electron chi connectivity index (χ2n) is 6.02. The molecular weight excluding hydrogens is 322 g/mol. The number of hydrogen-bond acceptors (Lipinski definition) is 4. The summed E-state index contributed by atoms with van der Waals surface area (Å²) in [5.74, 6) is 1.54. The van der Waals surface area contributed by atoms with E-state index in [1.165, 1.54) is 5.56 Å². The second-order valence-corrected chi connectivity index (χ2v) is 6.46. The average molecular weight is 342 g/mol. The van der Waals surface area contributed by atoms with Gasteiger partial charge in [0, 0.05) is 16.6 Å². The molecule has 0 spiro atoms. The molecule has 0 saturated carbocycles. The molecule has 1 aromatic heterocycles. The molecule has 2 aromatic carbocycles. The lowest BCUT2D eigenvalue weighted by atomic mass is 9.96. The maximum atomic E-state index is 5.98. The van der Waals surface area contributed by atoms with E-state index in [-0.39, 0.29) is 6.04 Å². The molecule has 0 aliphatic heterocycles. The summed E-state index contributed by atoms with van der Waals surface area (Å²) in [6, 6.07) is 17.9. The molecule has 0 aliphatic carbocycles. The smallest absolute Gasteiger partial charge is 0.247 e. The zero-order chi connectivity index (χ0) is 16.9. The van der Waals surface area contributed by atoms with Gasteiger partial charge < -0.3 is 9.73 Å². The fourth-order valence-corrected chi connectivity index (χ4v) is 2.75. The highest BCUT2D eigenvalue weighted by Gasteiger charge is 2.17. The molecule has 0 bridgehead atoms. The standard InChI is InChI=1S/C19H20ClN3O/c1-13(2)18(14-8-10-16(20)11-9-14)21-12-17-22-23-19(24-17)15-6-4-3-5-7-15/h3-11,13,18,21H,12H2,1-2H3. The van der Waals surface area contributed by atoms with E-state index in [1.54, 1.807) is 0 Å². The minimum absolute atomic E-state index is 0.189. The van der Waals surface area contributed by atoms with Gasteiger partial charge in [0.05, 0.1) is 6.54 Å². The summed E-state index contributed by atoms with van der Waals surface area (Å²) in [5.41, 5.74) is 2.12. The zero-order valence-electron chi connectivity index (χ0n) is 13.7. The number of nitrogens with zero attached hydrogens (tertiary/aromatic N) is 2. The molecule has 124 valence electrons. The van der Waals surface area contributed by atoms with Crippen LogP contribution in [0.5, 0.6) is 0 Å². The van der Waals surface area contributed by atoms with E-state index in [9.17, 15) is 0 Å². The number of nitrogens with one attached hydrogen (secondary N) is 1. The highest BCUT2D eigenvalue weighted by Crippen LogP contribution is 2.24. The van der Waals surface area contributed by atoms with Gasteiger partial charge in [-0.1, -0.05) is 55.8 Å². The van der Waals surface area contributed by atoms with Crippen LogP contribution in [0.3, 0.4) is 0 Å². The summed E-state index contributed by atoms with van der Waals surface area (Å²) >= 11 is 5.98. The summed E-state index contributed by atoms with van der Waals surface area (Å²) in [7, 11) is 0. The number of halogens is 1. The molecule has 0 fully saturated rings. The lowest BCUT2D eigenvalue weighted by Crippen LogP contribution is -2.25. The van der Waals surface area contributed by atoms with Crippen LogP contribution in [-0.2, 0) is 6.54 Å². The van der Waals surface area contributed by atoms with Crippen molar-refractivity contribution in [3.05, 3.63) is 71.1 Å². The van der Waals surface area contributed by atoms with Crippen LogP contribution in [0.25, 0.3) is 11.5 Å². The monoisotopic (exact) mass is 341 g/mol. The first-order valence-electron chi connectivity index (χ1n) is 8.00. The first-order chi connectivity index (χ1) is 11.6. The van der Waals surface area contributed by atoms with Crippen LogP contribution >= 0.6 is 11.6 Å². The predicted molar refractivity (Wildman–Crippen MR) is 95.6 cm³/mol. The molecule has 3 aromatic rings. The van der Waals surface area contributed by atoms with E-state index in [1.807, 2.05) is 54.6 Å². The van der Waals surface area contributed by atoms with Crippen molar-refractivity contribution in [2.24, 2.45) is 5.92 Å². The maximum absolute atomic E-state index is 5.98. The van der Waals surface area contributed by atoms with Crippen molar-refractivity contribution < 1.29 is 4.42 Å². The van der Waals surface area contributed by atoms with Crippen molar-refractivity contribution >= 4 is 11.6 Å². The minimum atomic E-state index is 0.189.